The highest BCUT2D eigenvalue weighted by Gasteiger charge is 2.10. The zero-order valence-electron chi connectivity index (χ0n) is 11.5. The number of nitrogens with zero attached hydrogens (tertiary/aromatic N) is 2. The van der Waals surface area contributed by atoms with Crippen molar-refractivity contribution < 1.29 is 9.18 Å². The van der Waals surface area contributed by atoms with Crippen molar-refractivity contribution in [2.75, 3.05) is 18.9 Å². The maximum Gasteiger partial charge on any atom is 0.226 e. The van der Waals surface area contributed by atoms with Crippen LogP contribution in [0.3, 0.4) is 0 Å². The van der Waals surface area contributed by atoms with Gasteiger partial charge >= 0.3 is 0 Å². The molecule has 0 aliphatic carbocycles. The summed E-state index contributed by atoms with van der Waals surface area (Å²) in [5.41, 5.74) is 1.47. The summed E-state index contributed by atoms with van der Waals surface area (Å²) in [5.74, 6) is 0.176. The van der Waals surface area contributed by atoms with E-state index in [1.54, 1.807) is 29.9 Å². The predicted octanol–water partition coefficient (Wildman–Crippen LogP) is 1.87. The van der Waals surface area contributed by atoms with E-state index >= 15 is 0 Å². The molecule has 0 unspecified atom stereocenters. The topological polar surface area (TPSA) is 59.0 Å². The molecule has 1 aromatic carbocycles. The van der Waals surface area contributed by atoms with E-state index in [-0.39, 0.29) is 11.7 Å². The van der Waals surface area contributed by atoms with Gasteiger partial charge in [0, 0.05) is 19.0 Å². The summed E-state index contributed by atoms with van der Waals surface area (Å²) in [6.07, 6.45) is 0.379. The van der Waals surface area contributed by atoms with Gasteiger partial charge in [0.25, 0.3) is 0 Å². The lowest BCUT2D eigenvalue weighted by Crippen LogP contribution is -2.20. The van der Waals surface area contributed by atoms with Crippen molar-refractivity contribution >= 4 is 11.7 Å². The first-order valence-electron chi connectivity index (χ1n) is 6.37. The number of hydrogen-bond donors (Lipinski definition) is 2. The van der Waals surface area contributed by atoms with Gasteiger partial charge in [-0.05, 0) is 38.2 Å². The molecule has 6 heteroatoms. The lowest BCUT2D eigenvalue weighted by atomic mass is 10.3. The van der Waals surface area contributed by atoms with Crippen LogP contribution in [0.5, 0.6) is 0 Å². The molecule has 0 atom stereocenters. The Kier molecular flexibility index (Phi) is 4.47. The number of rotatable bonds is 5. The van der Waals surface area contributed by atoms with E-state index in [2.05, 4.69) is 15.7 Å². The molecule has 2 aromatic rings. The van der Waals surface area contributed by atoms with Gasteiger partial charge in [-0.1, -0.05) is 0 Å². The molecule has 0 aliphatic heterocycles. The zero-order chi connectivity index (χ0) is 14.5. The second kappa shape index (κ2) is 6.29. The first-order valence-corrected chi connectivity index (χ1v) is 6.37. The Morgan fingerprint density at radius 2 is 2.05 bits per heavy atom. The molecule has 2 N–H and O–H groups in total. The maximum absolute atomic E-state index is 13.0. The average molecular weight is 276 g/mol. The molecule has 1 amide bonds. The van der Waals surface area contributed by atoms with Crippen molar-refractivity contribution in [1.29, 1.82) is 0 Å². The quantitative estimate of drug-likeness (QED) is 0.876. The van der Waals surface area contributed by atoms with Crippen molar-refractivity contribution in [2.24, 2.45) is 0 Å². The lowest BCUT2D eigenvalue weighted by molar-refractivity contribution is -0.116. The fourth-order valence-corrected chi connectivity index (χ4v) is 1.81. The minimum absolute atomic E-state index is 0.0948. The van der Waals surface area contributed by atoms with Gasteiger partial charge < -0.3 is 10.6 Å². The number of hydrogen-bond acceptors (Lipinski definition) is 3. The second-order valence-corrected chi connectivity index (χ2v) is 4.46. The normalized spacial score (nSPS) is 10.6. The Morgan fingerprint density at radius 3 is 2.70 bits per heavy atom. The molecule has 2 rings (SSSR count). The fourth-order valence-electron chi connectivity index (χ4n) is 1.81. The molecular weight excluding hydrogens is 259 g/mol. The molecule has 1 aromatic heterocycles. The van der Waals surface area contributed by atoms with E-state index in [1.807, 2.05) is 6.92 Å². The standard InChI is InChI=1S/C14H17FN4O/c1-10-9-13(17-14(20)7-8-16-2)19(18-10)12-5-3-11(15)4-6-12/h3-6,9,16H,7-8H2,1-2H3,(H,17,20). The molecule has 0 fully saturated rings. The highest BCUT2D eigenvalue weighted by molar-refractivity contribution is 5.90. The van der Waals surface area contributed by atoms with Crippen molar-refractivity contribution in [3.63, 3.8) is 0 Å². The Morgan fingerprint density at radius 1 is 1.35 bits per heavy atom. The molecule has 0 saturated carbocycles. The largest absolute Gasteiger partial charge is 0.319 e. The molecule has 0 aliphatic rings. The molecule has 1 heterocycles. The van der Waals surface area contributed by atoms with E-state index in [0.29, 0.717) is 24.5 Å². The number of aromatic nitrogens is 2. The molecule has 0 saturated heterocycles. The SMILES string of the molecule is CNCCC(=O)Nc1cc(C)nn1-c1ccc(F)cc1. The highest BCUT2D eigenvalue weighted by Crippen LogP contribution is 2.17. The summed E-state index contributed by atoms with van der Waals surface area (Å²) in [5, 5.41) is 10.0. The molecule has 5 nitrogen and oxygen atoms in total. The van der Waals surface area contributed by atoms with Gasteiger partial charge in [0.15, 0.2) is 0 Å². The van der Waals surface area contributed by atoms with E-state index in [9.17, 15) is 9.18 Å². The number of nitrogens with one attached hydrogen (secondary N) is 2. The molecule has 0 radical (unpaired) electrons. The van der Waals surface area contributed by atoms with Crippen LogP contribution in [-0.4, -0.2) is 29.3 Å². The maximum atomic E-state index is 13.0. The average Bonchev–Trinajstić information content (AvgIpc) is 2.78. The van der Waals surface area contributed by atoms with Gasteiger partial charge in [-0.3, -0.25) is 4.79 Å². The van der Waals surface area contributed by atoms with Crippen LogP contribution in [0.2, 0.25) is 0 Å². The van der Waals surface area contributed by atoms with Crippen LogP contribution in [0, 0.1) is 12.7 Å². The summed E-state index contributed by atoms with van der Waals surface area (Å²) in [6.45, 7) is 2.44. The van der Waals surface area contributed by atoms with Crippen molar-refractivity contribution in [3.05, 3.63) is 41.8 Å². The van der Waals surface area contributed by atoms with Crippen LogP contribution in [0.1, 0.15) is 12.1 Å². The summed E-state index contributed by atoms with van der Waals surface area (Å²) in [4.78, 5) is 11.8. The van der Waals surface area contributed by atoms with E-state index in [4.69, 9.17) is 0 Å². The molecule has 0 bridgehead atoms. The number of carbonyl (C=O) groups excluding carboxylic acids is 1. The van der Waals surface area contributed by atoms with E-state index in [0.717, 1.165) is 5.69 Å². The Labute approximate surface area is 116 Å². The minimum atomic E-state index is -0.308. The first-order chi connectivity index (χ1) is 9.60. The summed E-state index contributed by atoms with van der Waals surface area (Å²) < 4.78 is 14.5. The minimum Gasteiger partial charge on any atom is -0.319 e. The van der Waals surface area contributed by atoms with Gasteiger partial charge in [-0.2, -0.15) is 5.10 Å². The summed E-state index contributed by atoms with van der Waals surface area (Å²) in [7, 11) is 1.79. The van der Waals surface area contributed by atoms with Crippen molar-refractivity contribution in [3.8, 4) is 5.69 Å². The van der Waals surface area contributed by atoms with Gasteiger partial charge in [-0.25, -0.2) is 9.07 Å². The van der Waals surface area contributed by atoms with Crippen molar-refractivity contribution in [2.45, 2.75) is 13.3 Å². The Bertz CT molecular complexity index is 592. The van der Waals surface area contributed by atoms with Crippen LogP contribution in [0.25, 0.3) is 5.69 Å². The number of aryl methyl sites for hydroxylation is 1. The number of benzene rings is 1. The highest BCUT2D eigenvalue weighted by atomic mass is 19.1. The van der Waals surface area contributed by atoms with Crippen LogP contribution in [0.15, 0.2) is 30.3 Å². The number of amides is 1. The van der Waals surface area contributed by atoms with Crippen LogP contribution in [0.4, 0.5) is 10.2 Å². The zero-order valence-corrected chi connectivity index (χ0v) is 11.5. The molecular formula is C14H17FN4O. The fraction of sp³-hybridized carbons (Fsp3) is 0.286. The van der Waals surface area contributed by atoms with Crippen LogP contribution in [-0.2, 0) is 4.79 Å². The van der Waals surface area contributed by atoms with Gasteiger partial charge in [-0.15, -0.1) is 0 Å². The predicted molar refractivity (Wildman–Crippen MR) is 75.4 cm³/mol. The summed E-state index contributed by atoms with van der Waals surface area (Å²) >= 11 is 0. The van der Waals surface area contributed by atoms with Crippen LogP contribution < -0.4 is 10.6 Å². The first kappa shape index (κ1) is 14.2. The number of carbonyl (C=O) groups is 1. The lowest BCUT2D eigenvalue weighted by Gasteiger charge is -2.08. The monoisotopic (exact) mass is 276 g/mol. The third-order valence-corrected chi connectivity index (χ3v) is 2.77. The van der Waals surface area contributed by atoms with Crippen LogP contribution >= 0.6 is 0 Å². The third kappa shape index (κ3) is 3.42. The van der Waals surface area contributed by atoms with Gasteiger partial charge in [0.1, 0.15) is 11.6 Å². The van der Waals surface area contributed by atoms with Gasteiger partial charge in [0.05, 0.1) is 11.4 Å². The molecule has 0 spiro atoms. The smallest absolute Gasteiger partial charge is 0.226 e. The van der Waals surface area contributed by atoms with E-state index in [1.165, 1.54) is 12.1 Å². The molecule has 106 valence electrons. The second-order valence-electron chi connectivity index (χ2n) is 4.46. The Hall–Kier alpha value is -2.21. The third-order valence-electron chi connectivity index (χ3n) is 2.77. The number of anilines is 1. The van der Waals surface area contributed by atoms with E-state index < -0.39 is 0 Å². The molecule has 20 heavy (non-hydrogen) atoms. The number of halogens is 1. The summed E-state index contributed by atoms with van der Waals surface area (Å²) in [6, 6.07) is 7.73. The van der Waals surface area contributed by atoms with Crippen molar-refractivity contribution in [1.82, 2.24) is 15.1 Å². The van der Waals surface area contributed by atoms with Gasteiger partial charge in [0.2, 0.25) is 5.91 Å². The Balaban J connectivity index is 2.22.